The Balaban J connectivity index is 1.67. The van der Waals surface area contributed by atoms with Crippen LogP contribution in [-0.2, 0) is 11.2 Å². The van der Waals surface area contributed by atoms with Gasteiger partial charge in [0.05, 0.1) is 6.54 Å². The van der Waals surface area contributed by atoms with Crippen molar-refractivity contribution >= 4 is 17.3 Å². The van der Waals surface area contributed by atoms with Crippen molar-refractivity contribution in [3.63, 3.8) is 0 Å². The highest BCUT2D eigenvalue weighted by atomic mass is 16.2. The van der Waals surface area contributed by atoms with Gasteiger partial charge in [0.15, 0.2) is 0 Å². The third-order valence-electron chi connectivity index (χ3n) is 3.99. The van der Waals surface area contributed by atoms with Gasteiger partial charge >= 0.3 is 0 Å². The zero-order valence-electron chi connectivity index (χ0n) is 11.2. The normalized spacial score (nSPS) is 18.2. The van der Waals surface area contributed by atoms with Crippen molar-refractivity contribution in [1.29, 1.82) is 0 Å². The molecule has 0 saturated heterocycles. The van der Waals surface area contributed by atoms with Crippen LogP contribution in [0.1, 0.15) is 24.8 Å². The molecule has 1 fully saturated rings. The molecule has 3 rings (SSSR count). The maximum atomic E-state index is 12.3. The predicted molar refractivity (Wildman–Crippen MR) is 77.1 cm³/mol. The van der Waals surface area contributed by atoms with Crippen LogP contribution in [-0.4, -0.2) is 25.5 Å². The molecule has 0 bridgehead atoms. The number of nitrogen functional groups attached to an aromatic ring is 1. The number of carbonyl (C=O) groups excluding carboxylic acids is 1. The van der Waals surface area contributed by atoms with E-state index in [-0.39, 0.29) is 5.91 Å². The lowest BCUT2D eigenvalue weighted by molar-refractivity contribution is -0.117. The first kappa shape index (κ1) is 12.5. The van der Waals surface area contributed by atoms with Gasteiger partial charge in [-0.3, -0.25) is 4.79 Å². The third-order valence-corrected chi connectivity index (χ3v) is 3.99. The molecule has 0 aromatic heterocycles. The lowest BCUT2D eigenvalue weighted by Gasteiger charge is -2.30. The van der Waals surface area contributed by atoms with Crippen LogP contribution in [0.15, 0.2) is 18.2 Å². The number of amides is 1. The summed E-state index contributed by atoms with van der Waals surface area (Å²) in [5.74, 6) is 0.962. The van der Waals surface area contributed by atoms with E-state index < -0.39 is 0 Å². The van der Waals surface area contributed by atoms with Gasteiger partial charge in [0, 0.05) is 17.9 Å². The molecule has 1 aliphatic heterocycles. The molecule has 102 valence electrons. The van der Waals surface area contributed by atoms with Crippen molar-refractivity contribution < 1.29 is 4.79 Å². The molecule has 0 unspecified atom stereocenters. The van der Waals surface area contributed by atoms with E-state index in [1.54, 1.807) is 0 Å². The molecule has 0 atom stereocenters. The van der Waals surface area contributed by atoms with Crippen LogP contribution < -0.4 is 16.0 Å². The minimum atomic E-state index is 0.159. The second-order valence-electron chi connectivity index (χ2n) is 5.57. The first-order valence-corrected chi connectivity index (χ1v) is 7.14. The van der Waals surface area contributed by atoms with Gasteiger partial charge < -0.3 is 16.0 Å². The number of fused-ring (bicyclic) bond motifs is 1. The zero-order chi connectivity index (χ0) is 13.2. The summed E-state index contributed by atoms with van der Waals surface area (Å²) in [7, 11) is 0. The van der Waals surface area contributed by atoms with Crippen LogP contribution in [0.2, 0.25) is 0 Å². The van der Waals surface area contributed by atoms with Gasteiger partial charge in [0.1, 0.15) is 0 Å². The Kier molecular flexibility index (Phi) is 3.42. The summed E-state index contributed by atoms with van der Waals surface area (Å²) >= 11 is 0. The van der Waals surface area contributed by atoms with Crippen molar-refractivity contribution in [1.82, 2.24) is 5.32 Å². The number of nitrogens with two attached hydrogens (primary N) is 1. The molecule has 4 nitrogen and oxygen atoms in total. The molecule has 1 saturated carbocycles. The Labute approximate surface area is 114 Å². The number of hydrogen-bond acceptors (Lipinski definition) is 3. The fraction of sp³-hybridized carbons (Fsp3) is 0.533. The monoisotopic (exact) mass is 259 g/mol. The Morgan fingerprint density at radius 3 is 3.05 bits per heavy atom. The van der Waals surface area contributed by atoms with Gasteiger partial charge in [0.2, 0.25) is 5.91 Å². The lowest BCUT2D eigenvalue weighted by atomic mass is 10.00. The largest absolute Gasteiger partial charge is 0.398 e. The highest BCUT2D eigenvalue weighted by molar-refractivity contribution is 5.96. The Morgan fingerprint density at radius 1 is 1.42 bits per heavy atom. The zero-order valence-corrected chi connectivity index (χ0v) is 11.2. The van der Waals surface area contributed by atoms with Crippen molar-refractivity contribution in [2.75, 3.05) is 30.3 Å². The van der Waals surface area contributed by atoms with Crippen molar-refractivity contribution in [3.05, 3.63) is 23.8 Å². The standard InChI is InChI=1S/C15H21N3O/c16-13-4-1-5-14-12(13)3-2-8-18(14)15(19)10-17-9-11-6-7-11/h1,4-5,11,17H,2-3,6-10,16H2. The molecule has 19 heavy (non-hydrogen) atoms. The Hall–Kier alpha value is -1.55. The van der Waals surface area contributed by atoms with Crippen LogP contribution in [0.3, 0.4) is 0 Å². The van der Waals surface area contributed by atoms with Crippen LogP contribution in [0.5, 0.6) is 0 Å². The Morgan fingerprint density at radius 2 is 2.26 bits per heavy atom. The van der Waals surface area contributed by atoms with E-state index in [0.717, 1.165) is 48.8 Å². The number of benzene rings is 1. The number of nitrogens with one attached hydrogen (secondary N) is 1. The minimum Gasteiger partial charge on any atom is -0.398 e. The first-order valence-electron chi connectivity index (χ1n) is 7.14. The molecule has 3 N–H and O–H groups in total. The van der Waals surface area contributed by atoms with Crippen molar-refractivity contribution in [2.24, 2.45) is 5.92 Å². The maximum absolute atomic E-state index is 12.3. The van der Waals surface area contributed by atoms with Crippen molar-refractivity contribution in [3.8, 4) is 0 Å². The molecule has 0 spiro atoms. The fourth-order valence-corrected chi connectivity index (χ4v) is 2.71. The number of nitrogens with zero attached hydrogens (tertiary/aromatic N) is 1. The molecule has 1 heterocycles. The number of anilines is 2. The highest BCUT2D eigenvalue weighted by Crippen LogP contribution is 2.31. The summed E-state index contributed by atoms with van der Waals surface area (Å²) in [6.45, 7) is 2.22. The summed E-state index contributed by atoms with van der Waals surface area (Å²) in [5, 5.41) is 3.27. The minimum absolute atomic E-state index is 0.159. The van der Waals surface area contributed by atoms with Gasteiger partial charge in [-0.1, -0.05) is 6.07 Å². The molecule has 1 aromatic rings. The second-order valence-corrected chi connectivity index (χ2v) is 5.57. The fourth-order valence-electron chi connectivity index (χ4n) is 2.71. The van der Waals surface area contributed by atoms with E-state index in [1.165, 1.54) is 12.8 Å². The molecule has 2 aliphatic rings. The topological polar surface area (TPSA) is 58.4 Å². The molecular formula is C15H21N3O. The van der Waals surface area contributed by atoms with Gasteiger partial charge in [-0.2, -0.15) is 0 Å². The summed E-state index contributed by atoms with van der Waals surface area (Å²) in [6.07, 6.45) is 4.59. The van der Waals surface area contributed by atoms with Gasteiger partial charge in [-0.25, -0.2) is 0 Å². The number of rotatable bonds is 4. The van der Waals surface area contributed by atoms with E-state index in [2.05, 4.69) is 5.32 Å². The van der Waals surface area contributed by atoms with E-state index in [1.807, 2.05) is 23.1 Å². The molecule has 1 amide bonds. The molecular weight excluding hydrogens is 238 g/mol. The van der Waals surface area contributed by atoms with Crippen LogP contribution >= 0.6 is 0 Å². The van der Waals surface area contributed by atoms with Gasteiger partial charge in [-0.15, -0.1) is 0 Å². The molecule has 1 aromatic carbocycles. The quantitative estimate of drug-likeness (QED) is 0.807. The smallest absolute Gasteiger partial charge is 0.240 e. The molecule has 0 radical (unpaired) electrons. The van der Waals surface area contributed by atoms with E-state index in [0.29, 0.717) is 6.54 Å². The molecule has 1 aliphatic carbocycles. The Bertz CT molecular complexity index is 482. The number of hydrogen-bond donors (Lipinski definition) is 2. The SMILES string of the molecule is Nc1cccc2c1CCCN2C(=O)CNCC1CC1. The highest BCUT2D eigenvalue weighted by Gasteiger charge is 2.24. The molecule has 4 heteroatoms. The summed E-state index contributed by atoms with van der Waals surface area (Å²) in [6, 6.07) is 5.85. The van der Waals surface area contributed by atoms with E-state index in [4.69, 9.17) is 5.73 Å². The summed E-state index contributed by atoms with van der Waals surface area (Å²) in [4.78, 5) is 14.2. The number of carbonyl (C=O) groups is 1. The average molecular weight is 259 g/mol. The maximum Gasteiger partial charge on any atom is 0.240 e. The summed E-state index contributed by atoms with van der Waals surface area (Å²) in [5.41, 5.74) is 8.94. The average Bonchev–Trinajstić information content (AvgIpc) is 3.23. The second kappa shape index (κ2) is 5.21. The van der Waals surface area contributed by atoms with E-state index in [9.17, 15) is 4.79 Å². The van der Waals surface area contributed by atoms with E-state index >= 15 is 0 Å². The lowest BCUT2D eigenvalue weighted by Crippen LogP contribution is -2.41. The van der Waals surface area contributed by atoms with Crippen LogP contribution in [0, 0.1) is 5.92 Å². The predicted octanol–water partition coefficient (Wildman–Crippen LogP) is 1.55. The van der Waals surface area contributed by atoms with Gasteiger partial charge in [-0.05, 0) is 55.8 Å². The summed E-state index contributed by atoms with van der Waals surface area (Å²) < 4.78 is 0. The van der Waals surface area contributed by atoms with Gasteiger partial charge in [0.25, 0.3) is 0 Å². The first-order chi connectivity index (χ1) is 9.25. The van der Waals surface area contributed by atoms with Crippen molar-refractivity contribution in [2.45, 2.75) is 25.7 Å². The van der Waals surface area contributed by atoms with Crippen LogP contribution in [0.4, 0.5) is 11.4 Å². The third kappa shape index (κ3) is 2.73. The van der Waals surface area contributed by atoms with Crippen LogP contribution in [0.25, 0.3) is 0 Å².